The molecule has 1 fully saturated rings. The van der Waals surface area contributed by atoms with E-state index in [1.54, 1.807) is 0 Å². The lowest BCUT2D eigenvalue weighted by Gasteiger charge is -2.30. The number of nitrogens with one attached hydrogen (secondary N) is 1. The molecule has 0 radical (unpaired) electrons. The summed E-state index contributed by atoms with van der Waals surface area (Å²) >= 11 is 0. The Morgan fingerprint density at radius 3 is 2.62 bits per heavy atom. The van der Waals surface area contributed by atoms with E-state index in [1.165, 1.54) is 16.8 Å². The van der Waals surface area contributed by atoms with Gasteiger partial charge in [-0.05, 0) is 37.1 Å². The summed E-state index contributed by atoms with van der Waals surface area (Å²) in [6, 6.07) is 6.68. The molecule has 0 amide bonds. The van der Waals surface area contributed by atoms with Crippen molar-refractivity contribution < 1.29 is 0 Å². The molecule has 1 aromatic rings. The van der Waals surface area contributed by atoms with Crippen molar-refractivity contribution in [1.29, 1.82) is 0 Å². The maximum Gasteiger partial charge on any atom is 0.0373 e. The lowest BCUT2D eigenvalue weighted by atomic mass is 10.0. The van der Waals surface area contributed by atoms with Gasteiger partial charge in [0.25, 0.3) is 0 Å². The average molecular weight is 216 g/mol. The third-order valence-corrected chi connectivity index (χ3v) is 3.16. The second-order valence-corrected chi connectivity index (χ2v) is 4.52. The average Bonchev–Trinajstić information content (AvgIpc) is 2.30. The number of anilines is 1. The van der Waals surface area contributed by atoms with Crippen molar-refractivity contribution in [2.45, 2.75) is 13.8 Å². The second-order valence-electron chi connectivity index (χ2n) is 4.52. The molecule has 1 saturated heterocycles. The summed E-state index contributed by atoms with van der Waals surface area (Å²) in [4.78, 5) is 2.43. The smallest absolute Gasteiger partial charge is 0.0373 e. The van der Waals surface area contributed by atoms with Crippen molar-refractivity contribution in [3.05, 3.63) is 35.9 Å². The summed E-state index contributed by atoms with van der Waals surface area (Å²) in [6.45, 7) is 12.6. The first-order valence-electron chi connectivity index (χ1n) is 5.90. The Hall–Kier alpha value is -1.28. The van der Waals surface area contributed by atoms with Gasteiger partial charge in [-0.15, -0.1) is 0 Å². The zero-order valence-electron chi connectivity index (χ0n) is 10.2. The van der Waals surface area contributed by atoms with Gasteiger partial charge in [0.05, 0.1) is 0 Å². The van der Waals surface area contributed by atoms with E-state index >= 15 is 0 Å². The van der Waals surface area contributed by atoms with Crippen LogP contribution in [-0.4, -0.2) is 26.2 Å². The maximum atomic E-state index is 4.04. The molecular weight excluding hydrogens is 196 g/mol. The van der Waals surface area contributed by atoms with Crippen molar-refractivity contribution in [3.8, 4) is 0 Å². The second kappa shape index (κ2) is 4.71. The molecular formula is C14H20N2. The Morgan fingerprint density at radius 1 is 1.31 bits per heavy atom. The normalized spacial score (nSPS) is 16.2. The molecule has 1 aliphatic rings. The molecule has 0 saturated carbocycles. The SMILES string of the molecule is C=C(C)c1cc(N2CCNCC2)ccc1C. The van der Waals surface area contributed by atoms with Gasteiger partial charge in [-0.2, -0.15) is 0 Å². The van der Waals surface area contributed by atoms with Crippen LogP contribution in [0.15, 0.2) is 24.8 Å². The third-order valence-electron chi connectivity index (χ3n) is 3.16. The van der Waals surface area contributed by atoms with Crippen molar-refractivity contribution in [2.24, 2.45) is 0 Å². The number of allylic oxidation sites excluding steroid dienone is 1. The van der Waals surface area contributed by atoms with Crippen LogP contribution < -0.4 is 10.2 Å². The van der Waals surface area contributed by atoms with E-state index in [-0.39, 0.29) is 0 Å². The fraction of sp³-hybridized carbons (Fsp3) is 0.429. The maximum absolute atomic E-state index is 4.04. The van der Waals surface area contributed by atoms with Crippen LogP contribution in [0.25, 0.3) is 5.57 Å². The quantitative estimate of drug-likeness (QED) is 0.817. The first-order valence-corrected chi connectivity index (χ1v) is 5.90. The summed E-state index contributed by atoms with van der Waals surface area (Å²) in [6.07, 6.45) is 0. The monoisotopic (exact) mass is 216 g/mol. The third kappa shape index (κ3) is 2.27. The van der Waals surface area contributed by atoms with E-state index < -0.39 is 0 Å². The van der Waals surface area contributed by atoms with Crippen molar-refractivity contribution >= 4 is 11.3 Å². The Labute approximate surface area is 98.0 Å². The van der Waals surface area contributed by atoms with Crippen molar-refractivity contribution in [3.63, 3.8) is 0 Å². The Balaban J connectivity index is 2.27. The topological polar surface area (TPSA) is 15.3 Å². The molecule has 0 atom stereocenters. The van der Waals surface area contributed by atoms with Crippen LogP contribution in [0, 0.1) is 6.92 Å². The summed E-state index contributed by atoms with van der Waals surface area (Å²) in [7, 11) is 0. The molecule has 1 N–H and O–H groups in total. The molecule has 2 nitrogen and oxygen atoms in total. The predicted molar refractivity (Wildman–Crippen MR) is 71.0 cm³/mol. The van der Waals surface area contributed by atoms with Gasteiger partial charge < -0.3 is 10.2 Å². The van der Waals surface area contributed by atoms with Gasteiger partial charge in [0.1, 0.15) is 0 Å². The van der Waals surface area contributed by atoms with Gasteiger partial charge in [0, 0.05) is 31.9 Å². The molecule has 1 aromatic carbocycles. The van der Waals surface area contributed by atoms with E-state index in [0.29, 0.717) is 0 Å². The van der Waals surface area contributed by atoms with E-state index in [2.05, 4.69) is 48.8 Å². The fourth-order valence-electron chi connectivity index (χ4n) is 2.19. The molecule has 0 bridgehead atoms. The zero-order valence-corrected chi connectivity index (χ0v) is 10.2. The van der Waals surface area contributed by atoms with Crippen molar-refractivity contribution in [1.82, 2.24) is 5.32 Å². The van der Waals surface area contributed by atoms with Crippen LogP contribution in [0.1, 0.15) is 18.1 Å². The van der Waals surface area contributed by atoms with E-state index in [4.69, 9.17) is 0 Å². The number of nitrogens with zero attached hydrogens (tertiary/aromatic N) is 1. The lowest BCUT2D eigenvalue weighted by Crippen LogP contribution is -2.43. The van der Waals surface area contributed by atoms with E-state index in [1.807, 2.05) is 0 Å². The number of hydrogen-bond acceptors (Lipinski definition) is 2. The highest BCUT2D eigenvalue weighted by Crippen LogP contribution is 2.24. The van der Waals surface area contributed by atoms with Crippen LogP contribution in [-0.2, 0) is 0 Å². The van der Waals surface area contributed by atoms with E-state index in [9.17, 15) is 0 Å². The minimum absolute atomic E-state index is 1.08. The first kappa shape index (κ1) is 11.2. The molecule has 0 aliphatic carbocycles. The minimum Gasteiger partial charge on any atom is -0.369 e. The van der Waals surface area contributed by atoms with Crippen LogP contribution in [0.3, 0.4) is 0 Å². The summed E-state index contributed by atoms with van der Waals surface area (Å²) < 4.78 is 0. The Morgan fingerprint density at radius 2 is 2.00 bits per heavy atom. The predicted octanol–water partition coefficient (Wildman–Crippen LogP) is 2.44. The zero-order chi connectivity index (χ0) is 11.5. The molecule has 1 heterocycles. The molecule has 1 aliphatic heterocycles. The van der Waals surface area contributed by atoms with Gasteiger partial charge in [0.2, 0.25) is 0 Å². The van der Waals surface area contributed by atoms with E-state index in [0.717, 1.165) is 31.8 Å². The number of benzene rings is 1. The van der Waals surface area contributed by atoms with Gasteiger partial charge in [-0.3, -0.25) is 0 Å². The van der Waals surface area contributed by atoms with Gasteiger partial charge in [0.15, 0.2) is 0 Å². The van der Waals surface area contributed by atoms with Gasteiger partial charge >= 0.3 is 0 Å². The molecule has 86 valence electrons. The summed E-state index contributed by atoms with van der Waals surface area (Å²) in [5.74, 6) is 0. The first-order chi connectivity index (χ1) is 7.68. The molecule has 0 aromatic heterocycles. The van der Waals surface area contributed by atoms with Crippen molar-refractivity contribution in [2.75, 3.05) is 31.1 Å². The standard InChI is InChI=1S/C14H20N2/c1-11(2)14-10-13(5-4-12(14)3)16-8-6-15-7-9-16/h4-5,10,15H,1,6-9H2,2-3H3. The molecule has 2 heteroatoms. The molecule has 16 heavy (non-hydrogen) atoms. The van der Waals surface area contributed by atoms with Gasteiger partial charge in [-0.25, -0.2) is 0 Å². The highest BCUT2D eigenvalue weighted by molar-refractivity contribution is 5.68. The largest absolute Gasteiger partial charge is 0.369 e. The van der Waals surface area contributed by atoms with Gasteiger partial charge in [-0.1, -0.05) is 18.2 Å². The number of rotatable bonds is 2. The summed E-state index contributed by atoms with van der Waals surface area (Å²) in [5.41, 5.74) is 5.07. The Kier molecular flexibility index (Phi) is 3.30. The highest BCUT2D eigenvalue weighted by Gasteiger charge is 2.11. The number of piperazine rings is 1. The Bertz CT molecular complexity index is 390. The molecule has 2 rings (SSSR count). The molecule has 0 spiro atoms. The number of aryl methyl sites for hydroxylation is 1. The number of hydrogen-bond donors (Lipinski definition) is 1. The molecule has 0 unspecified atom stereocenters. The lowest BCUT2D eigenvalue weighted by molar-refractivity contribution is 0.589. The summed E-state index contributed by atoms with van der Waals surface area (Å²) in [5, 5.41) is 3.37. The van der Waals surface area contributed by atoms with Crippen LogP contribution >= 0.6 is 0 Å². The van der Waals surface area contributed by atoms with Crippen LogP contribution in [0.2, 0.25) is 0 Å². The van der Waals surface area contributed by atoms with Crippen LogP contribution in [0.5, 0.6) is 0 Å². The highest BCUT2D eigenvalue weighted by atomic mass is 15.2. The van der Waals surface area contributed by atoms with Crippen LogP contribution in [0.4, 0.5) is 5.69 Å². The minimum atomic E-state index is 1.08. The fourth-order valence-corrected chi connectivity index (χ4v) is 2.19.